The van der Waals surface area contributed by atoms with Gasteiger partial charge in [-0.3, -0.25) is 0 Å². The van der Waals surface area contributed by atoms with Crippen molar-refractivity contribution in [2.75, 3.05) is 20.1 Å². The van der Waals surface area contributed by atoms with Crippen molar-refractivity contribution in [2.45, 2.75) is 6.04 Å². The van der Waals surface area contributed by atoms with Crippen molar-refractivity contribution in [3.05, 3.63) is 0 Å². The molecule has 2 amide bonds. The molecule has 0 aromatic heterocycles. The summed E-state index contributed by atoms with van der Waals surface area (Å²) in [6.07, 6.45) is 0. The van der Waals surface area contributed by atoms with Crippen molar-refractivity contribution >= 4 is 18.4 Å². The van der Waals surface area contributed by atoms with Gasteiger partial charge >= 0.3 is 6.03 Å². The average molecular weight is 166 g/mol. The van der Waals surface area contributed by atoms with E-state index < -0.39 is 0 Å². The molecule has 0 radical (unpaired) electrons. The lowest BCUT2D eigenvalue weighted by Gasteiger charge is -2.37. The maximum absolute atomic E-state index is 10.4. The van der Waals surface area contributed by atoms with Crippen molar-refractivity contribution in [1.82, 2.24) is 10.2 Å². The fraction of sp³-hybridized carbons (Fsp3) is 0.800. The van der Waals surface area contributed by atoms with Crippen LogP contribution in [-0.4, -0.2) is 37.1 Å². The Kier molecular flexibility index (Phi) is 3.46. The lowest BCUT2D eigenvalue weighted by molar-refractivity contribution is 0.149. The third-order valence-electron chi connectivity index (χ3n) is 1.60. The van der Waals surface area contributed by atoms with Crippen molar-refractivity contribution in [1.29, 1.82) is 0 Å². The van der Waals surface area contributed by atoms with Crippen LogP contribution in [0.15, 0.2) is 0 Å². The van der Waals surface area contributed by atoms with E-state index in [1.165, 1.54) is 0 Å². The normalized spacial score (nSPS) is 17.5. The predicted octanol–water partition coefficient (Wildman–Crippen LogP) is -0.610. The zero-order chi connectivity index (χ0) is 6.85. The van der Waals surface area contributed by atoms with Crippen LogP contribution in [0, 0.1) is 0 Å². The molecule has 0 saturated carbocycles. The van der Waals surface area contributed by atoms with E-state index in [1.807, 2.05) is 7.05 Å². The smallest absolute Gasteiger partial charge is 0.314 e. The molecule has 0 atom stereocenters. The summed E-state index contributed by atoms with van der Waals surface area (Å²) in [5.74, 6) is 0. The first-order chi connectivity index (χ1) is 4.24. The van der Waals surface area contributed by atoms with Crippen molar-refractivity contribution in [2.24, 2.45) is 5.73 Å². The lowest BCUT2D eigenvalue weighted by Crippen LogP contribution is -2.60. The first-order valence-corrected chi connectivity index (χ1v) is 2.95. The van der Waals surface area contributed by atoms with E-state index in [1.54, 1.807) is 4.90 Å². The van der Waals surface area contributed by atoms with Gasteiger partial charge in [0.2, 0.25) is 0 Å². The minimum atomic E-state index is -0.318. The Balaban J connectivity index is 0.000000810. The molecule has 10 heavy (non-hydrogen) atoms. The standard InChI is InChI=1S/C5H11N3O.ClH/c1-7-4-2-8(3-4)5(6)9;/h4,7H,2-3H2,1H3,(H2,6,9);1H. The highest BCUT2D eigenvalue weighted by molar-refractivity contribution is 5.85. The van der Waals surface area contributed by atoms with Crippen molar-refractivity contribution in [3.8, 4) is 0 Å². The topological polar surface area (TPSA) is 58.4 Å². The van der Waals surface area contributed by atoms with Gasteiger partial charge in [0.25, 0.3) is 0 Å². The number of hydrogen-bond donors (Lipinski definition) is 2. The number of nitrogens with two attached hydrogens (primary N) is 1. The summed E-state index contributed by atoms with van der Waals surface area (Å²) in [6.45, 7) is 1.51. The van der Waals surface area contributed by atoms with Crippen LogP contribution in [0.1, 0.15) is 0 Å². The summed E-state index contributed by atoms with van der Waals surface area (Å²) < 4.78 is 0. The first kappa shape index (κ1) is 9.52. The van der Waals surface area contributed by atoms with Crippen LogP contribution in [0.25, 0.3) is 0 Å². The van der Waals surface area contributed by atoms with Crippen LogP contribution < -0.4 is 11.1 Å². The van der Waals surface area contributed by atoms with E-state index in [-0.39, 0.29) is 18.4 Å². The number of nitrogens with zero attached hydrogens (tertiary/aromatic N) is 1. The summed E-state index contributed by atoms with van der Waals surface area (Å²) in [5, 5.41) is 3.04. The second kappa shape index (κ2) is 3.63. The molecule has 1 heterocycles. The fourth-order valence-electron chi connectivity index (χ4n) is 0.841. The number of halogens is 1. The van der Waals surface area contributed by atoms with Crippen LogP contribution in [0.4, 0.5) is 4.79 Å². The molecule has 0 unspecified atom stereocenters. The number of carbonyl (C=O) groups excluding carboxylic acids is 1. The number of hydrogen-bond acceptors (Lipinski definition) is 2. The molecule has 1 aliphatic rings. The molecule has 0 bridgehead atoms. The SMILES string of the molecule is CNC1CN(C(N)=O)C1.Cl. The van der Waals surface area contributed by atoms with Gasteiger partial charge in [-0.25, -0.2) is 4.79 Å². The first-order valence-electron chi connectivity index (χ1n) is 2.95. The second-order valence-electron chi connectivity index (χ2n) is 2.23. The van der Waals surface area contributed by atoms with E-state index in [4.69, 9.17) is 5.73 Å². The highest BCUT2D eigenvalue weighted by Gasteiger charge is 2.27. The van der Waals surface area contributed by atoms with Crippen LogP contribution in [-0.2, 0) is 0 Å². The monoisotopic (exact) mass is 165 g/mol. The molecular formula is C5H12ClN3O. The number of rotatable bonds is 1. The Morgan fingerprint density at radius 1 is 1.70 bits per heavy atom. The minimum Gasteiger partial charge on any atom is -0.351 e. The molecule has 60 valence electrons. The Morgan fingerprint density at radius 2 is 2.20 bits per heavy atom. The van der Waals surface area contributed by atoms with Gasteiger partial charge in [0.05, 0.1) is 0 Å². The van der Waals surface area contributed by atoms with Crippen LogP contribution in [0.5, 0.6) is 0 Å². The summed E-state index contributed by atoms with van der Waals surface area (Å²) >= 11 is 0. The van der Waals surface area contributed by atoms with Gasteiger partial charge in [0, 0.05) is 19.1 Å². The Hall–Kier alpha value is -0.480. The number of nitrogens with one attached hydrogen (secondary N) is 1. The van der Waals surface area contributed by atoms with Gasteiger partial charge in [0.1, 0.15) is 0 Å². The van der Waals surface area contributed by atoms with Crippen LogP contribution in [0.3, 0.4) is 0 Å². The molecule has 1 fully saturated rings. The molecule has 1 saturated heterocycles. The summed E-state index contributed by atoms with van der Waals surface area (Å²) in [4.78, 5) is 12.0. The molecule has 0 spiro atoms. The fourth-order valence-corrected chi connectivity index (χ4v) is 0.841. The molecule has 0 aliphatic carbocycles. The Morgan fingerprint density at radius 3 is 2.50 bits per heavy atom. The third-order valence-corrected chi connectivity index (χ3v) is 1.60. The Bertz CT molecular complexity index is 124. The van der Waals surface area contributed by atoms with E-state index in [0.29, 0.717) is 6.04 Å². The number of primary amides is 1. The largest absolute Gasteiger partial charge is 0.351 e. The van der Waals surface area contributed by atoms with Crippen molar-refractivity contribution in [3.63, 3.8) is 0 Å². The number of carbonyl (C=O) groups is 1. The van der Waals surface area contributed by atoms with Gasteiger partial charge in [-0.1, -0.05) is 0 Å². The molecule has 5 heteroatoms. The van der Waals surface area contributed by atoms with Gasteiger partial charge < -0.3 is 16.0 Å². The van der Waals surface area contributed by atoms with E-state index in [0.717, 1.165) is 13.1 Å². The van der Waals surface area contributed by atoms with E-state index >= 15 is 0 Å². The predicted molar refractivity (Wildman–Crippen MR) is 41.3 cm³/mol. The Labute approximate surface area is 66.2 Å². The van der Waals surface area contributed by atoms with E-state index in [9.17, 15) is 4.79 Å². The number of urea groups is 1. The molecule has 0 aromatic carbocycles. The lowest BCUT2D eigenvalue weighted by atomic mass is 10.1. The highest BCUT2D eigenvalue weighted by atomic mass is 35.5. The van der Waals surface area contributed by atoms with Crippen LogP contribution >= 0.6 is 12.4 Å². The average Bonchev–Trinajstić information content (AvgIpc) is 1.61. The molecular weight excluding hydrogens is 154 g/mol. The molecule has 1 rings (SSSR count). The second-order valence-corrected chi connectivity index (χ2v) is 2.23. The molecule has 0 aromatic rings. The zero-order valence-corrected chi connectivity index (χ0v) is 6.65. The van der Waals surface area contributed by atoms with E-state index in [2.05, 4.69) is 5.32 Å². The number of amides is 2. The number of likely N-dealkylation sites (N-methyl/N-ethyl adjacent to an activating group) is 1. The number of likely N-dealkylation sites (tertiary alicyclic amines) is 1. The minimum absolute atomic E-state index is 0. The summed E-state index contributed by atoms with van der Waals surface area (Å²) in [5.41, 5.74) is 4.97. The molecule has 4 nitrogen and oxygen atoms in total. The molecule has 1 aliphatic heterocycles. The maximum atomic E-state index is 10.4. The quantitative estimate of drug-likeness (QED) is 0.545. The van der Waals surface area contributed by atoms with Crippen molar-refractivity contribution < 1.29 is 4.79 Å². The maximum Gasteiger partial charge on any atom is 0.314 e. The summed E-state index contributed by atoms with van der Waals surface area (Å²) in [7, 11) is 1.88. The van der Waals surface area contributed by atoms with Crippen LogP contribution in [0.2, 0.25) is 0 Å². The molecule has 3 N–H and O–H groups in total. The zero-order valence-electron chi connectivity index (χ0n) is 5.83. The van der Waals surface area contributed by atoms with Gasteiger partial charge in [0.15, 0.2) is 0 Å². The summed E-state index contributed by atoms with van der Waals surface area (Å²) in [6, 6.07) is 0.138. The van der Waals surface area contributed by atoms with Gasteiger partial charge in [-0.15, -0.1) is 12.4 Å². The van der Waals surface area contributed by atoms with Gasteiger partial charge in [-0.2, -0.15) is 0 Å². The highest BCUT2D eigenvalue weighted by Crippen LogP contribution is 2.04. The van der Waals surface area contributed by atoms with Gasteiger partial charge in [-0.05, 0) is 7.05 Å². The third kappa shape index (κ3) is 1.75.